The van der Waals surface area contributed by atoms with E-state index in [9.17, 15) is 18.4 Å². The monoisotopic (exact) mass is 356 g/mol. The Bertz CT molecular complexity index is 1010. The SMILES string of the molecule is COc1ccc(NC(=O)c2c[nH]cc(-c3ccc(F)cc3)c2=O)cc1F. The molecule has 132 valence electrons. The third-order valence-electron chi connectivity index (χ3n) is 3.75. The molecule has 0 aliphatic rings. The fourth-order valence-corrected chi connectivity index (χ4v) is 2.44. The summed E-state index contributed by atoms with van der Waals surface area (Å²) >= 11 is 0. The van der Waals surface area contributed by atoms with E-state index >= 15 is 0 Å². The molecule has 7 heteroatoms. The molecule has 0 saturated heterocycles. The topological polar surface area (TPSA) is 71.2 Å². The van der Waals surface area contributed by atoms with E-state index in [4.69, 9.17) is 4.74 Å². The van der Waals surface area contributed by atoms with Crippen molar-refractivity contribution in [3.05, 3.63) is 82.3 Å². The van der Waals surface area contributed by atoms with Crippen molar-refractivity contribution in [1.82, 2.24) is 4.98 Å². The Balaban J connectivity index is 1.91. The molecule has 1 aromatic heterocycles. The molecule has 0 radical (unpaired) electrons. The Kier molecular flexibility index (Phi) is 4.79. The molecule has 3 rings (SSSR count). The highest BCUT2D eigenvalue weighted by molar-refractivity contribution is 6.04. The Hall–Kier alpha value is -3.48. The van der Waals surface area contributed by atoms with Crippen LogP contribution in [-0.2, 0) is 0 Å². The summed E-state index contributed by atoms with van der Waals surface area (Å²) < 4.78 is 31.6. The molecule has 1 heterocycles. The lowest BCUT2D eigenvalue weighted by Crippen LogP contribution is -2.22. The predicted molar refractivity (Wildman–Crippen MR) is 93.4 cm³/mol. The summed E-state index contributed by atoms with van der Waals surface area (Å²) in [6, 6.07) is 9.25. The average molecular weight is 356 g/mol. The van der Waals surface area contributed by atoms with E-state index in [2.05, 4.69) is 10.3 Å². The number of H-pyrrole nitrogens is 1. The van der Waals surface area contributed by atoms with Crippen molar-refractivity contribution in [2.45, 2.75) is 0 Å². The zero-order valence-corrected chi connectivity index (χ0v) is 13.7. The summed E-state index contributed by atoms with van der Waals surface area (Å²) in [6.45, 7) is 0. The second-order valence-electron chi connectivity index (χ2n) is 5.42. The van der Waals surface area contributed by atoms with E-state index < -0.39 is 23.0 Å². The number of ether oxygens (including phenoxy) is 1. The molecular formula is C19H14F2N2O3. The van der Waals surface area contributed by atoms with Crippen LogP contribution in [0.4, 0.5) is 14.5 Å². The minimum absolute atomic E-state index is 0.0409. The Morgan fingerprint density at radius 3 is 2.46 bits per heavy atom. The molecule has 0 unspecified atom stereocenters. The molecule has 0 aliphatic heterocycles. The van der Waals surface area contributed by atoms with Gasteiger partial charge >= 0.3 is 0 Å². The first-order chi connectivity index (χ1) is 12.5. The van der Waals surface area contributed by atoms with Gasteiger partial charge in [0.1, 0.15) is 11.4 Å². The van der Waals surface area contributed by atoms with Gasteiger partial charge in [-0.2, -0.15) is 0 Å². The highest BCUT2D eigenvalue weighted by atomic mass is 19.1. The summed E-state index contributed by atoms with van der Waals surface area (Å²) in [7, 11) is 1.33. The summed E-state index contributed by atoms with van der Waals surface area (Å²) in [5.74, 6) is -1.72. The lowest BCUT2D eigenvalue weighted by atomic mass is 10.0. The fourth-order valence-electron chi connectivity index (χ4n) is 2.44. The lowest BCUT2D eigenvalue weighted by molar-refractivity contribution is 0.102. The van der Waals surface area contributed by atoms with Crippen LogP contribution in [0.3, 0.4) is 0 Å². The number of hydrogen-bond acceptors (Lipinski definition) is 3. The van der Waals surface area contributed by atoms with Gasteiger partial charge < -0.3 is 15.0 Å². The number of anilines is 1. The number of benzene rings is 2. The molecule has 0 spiro atoms. The molecule has 0 atom stereocenters. The van der Waals surface area contributed by atoms with Gasteiger partial charge in [-0.3, -0.25) is 9.59 Å². The van der Waals surface area contributed by atoms with Gasteiger partial charge in [0.25, 0.3) is 5.91 Å². The molecule has 26 heavy (non-hydrogen) atoms. The second-order valence-corrected chi connectivity index (χ2v) is 5.42. The van der Waals surface area contributed by atoms with E-state index in [1.54, 1.807) is 0 Å². The maximum absolute atomic E-state index is 13.7. The Morgan fingerprint density at radius 1 is 1.08 bits per heavy atom. The van der Waals surface area contributed by atoms with Gasteiger partial charge in [-0.15, -0.1) is 0 Å². The molecule has 0 aliphatic carbocycles. The molecule has 2 N–H and O–H groups in total. The quantitative estimate of drug-likeness (QED) is 0.751. The summed E-state index contributed by atoms with van der Waals surface area (Å²) in [4.78, 5) is 27.7. The first-order valence-corrected chi connectivity index (χ1v) is 7.61. The van der Waals surface area contributed by atoms with Crippen LogP contribution in [0, 0.1) is 11.6 Å². The van der Waals surface area contributed by atoms with Crippen molar-refractivity contribution in [2.75, 3.05) is 12.4 Å². The molecular weight excluding hydrogens is 342 g/mol. The van der Waals surface area contributed by atoms with Crippen LogP contribution < -0.4 is 15.5 Å². The van der Waals surface area contributed by atoms with E-state index in [0.29, 0.717) is 5.56 Å². The summed E-state index contributed by atoms with van der Waals surface area (Å²) in [5, 5.41) is 2.46. The van der Waals surface area contributed by atoms with Crippen molar-refractivity contribution >= 4 is 11.6 Å². The van der Waals surface area contributed by atoms with Crippen molar-refractivity contribution in [3.63, 3.8) is 0 Å². The van der Waals surface area contributed by atoms with Crippen LogP contribution in [-0.4, -0.2) is 18.0 Å². The van der Waals surface area contributed by atoms with Gasteiger partial charge in [0, 0.05) is 29.7 Å². The van der Waals surface area contributed by atoms with Gasteiger partial charge in [-0.05, 0) is 29.8 Å². The third kappa shape index (κ3) is 3.46. The smallest absolute Gasteiger partial charge is 0.261 e. The number of methoxy groups -OCH3 is 1. The van der Waals surface area contributed by atoms with Crippen LogP contribution in [0.5, 0.6) is 5.75 Å². The number of aromatic nitrogens is 1. The summed E-state index contributed by atoms with van der Waals surface area (Å²) in [5.41, 5.74) is 0.195. The lowest BCUT2D eigenvalue weighted by Gasteiger charge is -2.08. The number of carbonyl (C=O) groups is 1. The number of pyridine rings is 1. The number of nitrogens with one attached hydrogen (secondary N) is 2. The van der Waals surface area contributed by atoms with Crippen molar-refractivity contribution < 1.29 is 18.3 Å². The van der Waals surface area contributed by atoms with Gasteiger partial charge in [-0.1, -0.05) is 12.1 Å². The maximum Gasteiger partial charge on any atom is 0.261 e. The molecule has 0 bridgehead atoms. The highest BCUT2D eigenvalue weighted by Gasteiger charge is 2.15. The number of halogens is 2. The van der Waals surface area contributed by atoms with Gasteiger partial charge in [0.15, 0.2) is 11.6 Å². The minimum atomic E-state index is -0.695. The van der Waals surface area contributed by atoms with Gasteiger partial charge in [0.2, 0.25) is 5.43 Å². The molecule has 0 saturated carbocycles. The molecule has 3 aromatic rings. The molecule has 1 amide bonds. The van der Waals surface area contributed by atoms with E-state index in [1.807, 2.05) is 0 Å². The number of amides is 1. The van der Waals surface area contributed by atoms with Crippen LogP contribution in [0.2, 0.25) is 0 Å². The number of aromatic amines is 1. The Labute approximate surface area is 147 Å². The van der Waals surface area contributed by atoms with Crippen molar-refractivity contribution in [1.29, 1.82) is 0 Å². The minimum Gasteiger partial charge on any atom is -0.494 e. The van der Waals surface area contributed by atoms with Crippen molar-refractivity contribution in [3.8, 4) is 16.9 Å². The maximum atomic E-state index is 13.7. The summed E-state index contributed by atoms with van der Waals surface area (Å²) in [6.07, 6.45) is 2.68. The molecule has 0 fully saturated rings. The predicted octanol–water partition coefficient (Wildman–Crippen LogP) is 3.58. The van der Waals surface area contributed by atoms with E-state index in [0.717, 1.165) is 6.07 Å². The van der Waals surface area contributed by atoms with Crippen LogP contribution in [0.25, 0.3) is 11.1 Å². The van der Waals surface area contributed by atoms with E-state index in [1.165, 1.54) is 55.9 Å². The number of rotatable bonds is 4. The largest absolute Gasteiger partial charge is 0.494 e. The first-order valence-electron chi connectivity index (χ1n) is 7.61. The average Bonchev–Trinajstić information content (AvgIpc) is 2.63. The number of hydrogen-bond donors (Lipinski definition) is 2. The highest BCUT2D eigenvalue weighted by Crippen LogP contribution is 2.21. The van der Waals surface area contributed by atoms with Crippen LogP contribution in [0.15, 0.2) is 59.7 Å². The third-order valence-corrected chi connectivity index (χ3v) is 3.75. The standard InChI is InChI=1S/C19H14F2N2O3/c1-26-17-7-6-13(8-16(17)21)23-19(25)15-10-22-9-14(18(15)24)11-2-4-12(20)5-3-11/h2-10H,1H3,(H,22,24)(H,23,25). The normalized spacial score (nSPS) is 10.4. The second kappa shape index (κ2) is 7.18. The zero-order valence-electron chi connectivity index (χ0n) is 13.7. The van der Waals surface area contributed by atoms with Gasteiger partial charge in [-0.25, -0.2) is 8.78 Å². The first kappa shape index (κ1) is 17.3. The van der Waals surface area contributed by atoms with Crippen LogP contribution in [0.1, 0.15) is 10.4 Å². The van der Waals surface area contributed by atoms with E-state index in [-0.39, 0.29) is 22.6 Å². The molecule has 5 nitrogen and oxygen atoms in total. The van der Waals surface area contributed by atoms with Gasteiger partial charge in [0.05, 0.1) is 7.11 Å². The molecule has 2 aromatic carbocycles. The van der Waals surface area contributed by atoms with Crippen molar-refractivity contribution in [2.24, 2.45) is 0 Å². The van der Waals surface area contributed by atoms with Crippen LogP contribution >= 0.6 is 0 Å². The fraction of sp³-hybridized carbons (Fsp3) is 0.0526. The Morgan fingerprint density at radius 2 is 1.81 bits per heavy atom. The number of carbonyl (C=O) groups excluding carboxylic acids is 1. The zero-order chi connectivity index (χ0) is 18.7.